The summed E-state index contributed by atoms with van der Waals surface area (Å²) >= 11 is 0. The Kier molecular flexibility index (Phi) is 4.36. The summed E-state index contributed by atoms with van der Waals surface area (Å²) in [7, 11) is 0. The minimum atomic E-state index is -2.98. The van der Waals surface area contributed by atoms with Crippen LogP contribution < -0.4 is 5.32 Å². The standard InChI is InChI=1S/C12H13F2NO3/c1-12(13,14)8-3-2-4-9(7-8)15-10(16)5-6-11(17)18/h2-4,7H,5-6H2,1H3,(H,15,16)(H,17,18). The molecule has 1 aromatic carbocycles. The molecule has 0 aromatic heterocycles. The lowest BCUT2D eigenvalue weighted by atomic mass is 10.1. The van der Waals surface area contributed by atoms with Crippen molar-refractivity contribution in [3.8, 4) is 0 Å². The van der Waals surface area contributed by atoms with E-state index in [1.165, 1.54) is 24.3 Å². The molecule has 0 bridgehead atoms. The number of carbonyl (C=O) groups is 2. The number of carboxylic acid groups (broad SMARTS) is 1. The van der Waals surface area contributed by atoms with Crippen LogP contribution in [-0.4, -0.2) is 17.0 Å². The number of halogens is 2. The maximum Gasteiger partial charge on any atom is 0.303 e. The van der Waals surface area contributed by atoms with Crippen LogP contribution in [0.4, 0.5) is 14.5 Å². The van der Waals surface area contributed by atoms with Gasteiger partial charge < -0.3 is 10.4 Å². The molecule has 0 atom stereocenters. The van der Waals surface area contributed by atoms with E-state index in [1.54, 1.807) is 0 Å². The van der Waals surface area contributed by atoms with Crippen molar-refractivity contribution in [3.05, 3.63) is 29.8 Å². The molecule has 0 unspecified atom stereocenters. The molecule has 1 aromatic rings. The fourth-order valence-corrected chi connectivity index (χ4v) is 1.31. The molecule has 0 saturated heterocycles. The van der Waals surface area contributed by atoms with Crippen LogP contribution >= 0.6 is 0 Å². The van der Waals surface area contributed by atoms with Gasteiger partial charge in [0.2, 0.25) is 5.91 Å². The summed E-state index contributed by atoms with van der Waals surface area (Å²) in [5.74, 6) is -4.59. The van der Waals surface area contributed by atoms with Gasteiger partial charge in [-0.1, -0.05) is 12.1 Å². The number of carbonyl (C=O) groups excluding carboxylic acids is 1. The van der Waals surface area contributed by atoms with E-state index in [2.05, 4.69) is 5.32 Å². The molecule has 18 heavy (non-hydrogen) atoms. The topological polar surface area (TPSA) is 66.4 Å². The van der Waals surface area contributed by atoms with E-state index in [0.29, 0.717) is 0 Å². The number of anilines is 1. The minimum Gasteiger partial charge on any atom is -0.481 e. The fraction of sp³-hybridized carbons (Fsp3) is 0.333. The largest absolute Gasteiger partial charge is 0.481 e. The van der Waals surface area contributed by atoms with Gasteiger partial charge in [-0.05, 0) is 12.1 Å². The van der Waals surface area contributed by atoms with Gasteiger partial charge in [0.25, 0.3) is 5.92 Å². The molecule has 0 aliphatic rings. The molecule has 0 saturated carbocycles. The number of carboxylic acids is 1. The normalized spacial score (nSPS) is 11.1. The second-order valence-electron chi connectivity index (χ2n) is 3.91. The number of hydrogen-bond acceptors (Lipinski definition) is 2. The van der Waals surface area contributed by atoms with E-state index in [1.807, 2.05) is 0 Å². The van der Waals surface area contributed by atoms with Crippen molar-refractivity contribution in [3.63, 3.8) is 0 Å². The molecule has 0 radical (unpaired) electrons. The predicted octanol–water partition coefficient (Wildman–Crippen LogP) is 2.60. The molecule has 0 heterocycles. The van der Waals surface area contributed by atoms with E-state index < -0.39 is 17.8 Å². The van der Waals surface area contributed by atoms with Crippen LogP contribution in [0.25, 0.3) is 0 Å². The molecular formula is C12H13F2NO3. The first-order valence-corrected chi connectivity index (χ1v) is 5.29. The van der Waals surface area contributed by atoms with Crippen molar-refractivity contribution in [2.24, 2.45) is 0 Å². The van der Waals surface area contributed by atoms with Gasteiger partial charge in [0.05, 0.1) is 6.42 Å². The third kappa shape index (κ3) is 4.48. The van der Waals surface area contributed by atoms with Crippen molar-refractivity contribution in [2.75, 3.05) is 5.32 Å². The first-order chi connectivity index (χ1) is 8.29. The quantitative estimate of drug-likeness (QED) is 0.852. The minimum absolute atomic E-state index is 0.192. The summed E-state index contributed by atoms with van der Waals surface area (Å²) < 4.78 is 26.1. The van der Waals surface area contributed by atoms with Crippen LogP contribution in [0.5, 0.6) is 0 Å². The summed E-state index contributed by atoms with van der Waals surface area (Å²) in [4.78, 5) is 21.6. The van der Waals surface area contributed by atoms with Gasteiger partial charge in [-0.25, -0.2) is 8.78 Å². The monoisotopic (exact) mass is 257 g/mol. The van der Waals surface area contributed by atoms with Gasteiger partial charge in [0.15, 0.2) is 0 Å². The molecule has 6 heteroatoms. The van der Waals surface area contributed by atoms with Crippen molar-refractivity contribution < 1.29 is 23.5 Å². The van der Waals surface area contributed by atoms with Crippen LogP contribution in [0.1, 0.15) is 25.3 Å². The Bertz CT molecular complexity index is 455. The van der Waals surface area contributed by atoms with E-state index >= 15 is 0 Å². The number of hydrogen-bond donors (Lipinski definition) is 2. The summed E-state index contributed by atoms with van der Waals surface area (Å²) in [5, 5.41) is 10.8. The number of nitrogens with one attached hydrogen (secondary N) is 1. The van der Waals surface area contributed by atoms with E-state index in [4.69, 9.17) is 5.11 Å². The second kappa shape index (κ2) is 5.57. The fourth-order valence-electron chi connectivity index (χ4n) is 1.31. The Balaban J connectivity index is 2.68. The highest BCUT2D eigenvalue weighted by molar-refractivity contribution is 5.92. The third-order valence-corrected chi connectivity index (χ3v) is 2.22. The maximum atomic E-state index is 13.0. The van der Waals surface area contributed by atoms with Crippen molar-refractivity contribution >= 4 is 17.6 Å². The number of aliphatic carboxylic acids is 1. The first-order valence-electron chi connectivity index (χ1n) is 5.29. The predicted molar refractivity (Wildman–Crippen MR) is 61.5 cm³/mol. The zero-order valence-electron chi connectivity index (χ0n) is 9.74. The smallest absolute Gasteiger partial charge is 0.303 e. The Morgan fingerprint density at radius 3 is 2.56 bits per heavy atom. The zero-order valence-corrected chi connectivity index (χ0v) is 9.74. The van der Waals surface area contributed by atoms with Crippen LogP contribution in [-0.2, 0) is 15.5 Å². The molecule has 0 spiro atoms. The third-order valence-electron chi connectivity index (χ3n) is 2.22. The molecule has 4 nitrogen and oxygen atoms in total. The van der Waals surface area contributed by atoms with Gasteiger partial charge in [-0.3, -0.25) is 9.59 Å². The maximum absolute atomic E-state index is 13.0. The van der Waals surface area contributed by atoms with Crippen molar-refractivity contribution in [1.82, 2.24) is 0 Å². The molecule has 1 rings (SSSR count). The Hall–Kier alpha value is -1.98. The number of rotatable bonds is 5. The molecule has 0 aliphatic heterocycles. The van der Waals surface area contributed by atoms with Crippen molar-refractivity contribution in [2.45, 2.75) is 25.7 Å². The summed E-state index contributed by atoms with van der Waals surface area (Å²) in [6.07, 6.45) is -0.489. The van der Waals surface area contributed by atoms with Crippen LogP contribution in [0, 0.1) is 0 Å². The second-order valence-corrected chi connectivity index (χ2v) is 3.91. The van der Waals surface area contributed by atoms with Gasteiger partial charge in [-0.2, -0.15) is 0 Å². The average molecular weight is 257 g/mol. The highest BCUT2D eigenvalue weighted by Crippen LogP contribution is 2.28. The molecule has 1 amide bonds. The number of amides is 1. The molecular weight excluding hydrogens is 244 g/mol. The summed E-state index contributed by atoms with van der Waals surface area (Å²) in [6, 6.07) is 5.29. The SMILES string of the molecule is CC(F)(F)c1cccc(NC(=O)CCC(=O)O)c1. The molecule has 0 fully saturated rings. The lowest BCUT2D eigenvalue weighted by Gasteiger charge is -2.12. The van der Waals surface area contributed by atoms with Crippen LogP contribution in [0.2, 0.25) is 0 Å². The van der Waals surface area contributed by atoms with E-state index in [9.17, 15) is 18.4 Å². The summed E-state index contributed by atoms with van der Waals surface area (Å²) in [6.45, 7) is 0.762. The lowest BCUT2D eigenvalue weighted by Crippen LogP contribution is -2.14. The zero-order chi connectivity index (χ0) is 13.8. The Labute approximate surface area is 103 Å². The Morgan fingerprint density at radius 1 is 1.33 bits per heavy atom. The van der Waals surface area contributed by atoms with Crippen LogP contribution in [0.3, 0.4) is 0 Å². The van der Waals surface area contributed by atoms with Crippen molar-refractivity contribution in [1.29, 1.82) is 0 Å². The van der Waals surface area contributed by atoms with E-state index in [0.717, 1.165) is 6.92 Å². The van der Waals surface area contributed by atoms with E-state index in [-0.39, 0.29) is 24.1 Å². The van der Waals surface area contributed by atoms with Crippen LogP contribution in [0.15, 0.2) is 24.3 Å². The van der Waals surface area contributed by atoms with Gasteiger partial charge in [-0.15, -0.1) is 0 Å². The van der Waals surface area contributed by atoms with Gasteiger partial charge in [0, 0.05) is 24.6 Å². The Morgan fingerprint density at radius 2 is 2.00 bits per heavy atom. The average Bonchev–Trinajstić information content (AvgIpc) is 2.25. The molecule has 0 aliphatic carbocycles. The van der Waals surface area contributed by atoms with Gasteiger partial charge in [0.1, 0.15) is 0 Å². The molecule has 2 N–H and O–H groups in total. The summed E-state index contributed by atoms with van der Waals surface area (Å²) in [5.41, 5.74) is 0.0166. The number of benzene rings is 1. The van der Waals surface area contributed by atoms with Gasteiger partial charge >= 0.3 is 5.97 Å². The highest BCUT2D eigenvalue weighted by Gasteiger charge is 2.24. The lowest BCUT2D eigenvalue weighted by molar-refractivity contribution is -0.138. The molecule has 98 valence electrons. The first kappa shape index (κ1) is 14.1. The highest BCUT2D eigenvalue weighted by atomic mass is 19.3. The number of alkyl halides is 2.